The number of nitrogens with zero attached hydrogens (tertiary/aromatic N) is 1. The lowest BCUT2D eigenvalue weighted by molar-refractivity contribution is 0.0932. The second kappa shape index (κ2) is 7.36. The third kappa shape index (κ3) is 4.78. The SMILES string of the molecule is C[C@@H]1C[C@@H](C)CN(CCNC(=O)c2cc(Br)ccc2F)C1. The van der Waals surface area contributed by atoms with Gasteiger partial charge in [0.1, 0.15) is 5.82 Å². The Balaban J connectivity index is 1.83. The zero-order valence-electron chi connectivity index (χ0n) is 12.5. The molecule has 1 saturated heterocycles. The molecular formula is C16H22BrFN2O. The topological polar surface area (TPSA) is 32.3 Å². The van der Waals surface area contributed by atoms with Crippen molar-refractivity contribution < 1.29 is 9.18 Å². The van der Waals surface area contributed by atoms with Crippen LogP contribution < -0.4 is 5.32 Å². The minimum absolute atomic E-state index is 0.0877. The molecule has 116 valence electrons. The minimum atomic E-state index is -0.490. The van der Waals surface area contributed by atoms with Gasteiger partial charge in [0.25, 0.3) is 5.91 Å². The van der Waals surface area contributed by atoms with E-state index in [9.17, 15) is 9.18 Å². The maximum atomic E-state index is 13.6. The zero-order chi connectivity index (χ0) is 15.4. The van der Waals surface area contributed by atoms with E-state index in [1.807, 2.05) is 0 Å². The van der Waals surface area contributed by atoms with Crippen molar-refractivity contribution in [3.05, 3.63) is 34.1 Å². The van der Waals surface area contributed by atoms with Crippen molar-refractivity contribution >= 4 is 21.8 Å². The molecule has 1 heterocycles. The van der Waals surface area contributed by atoms with Gasteiger partial charge in [-0.1, -0.05) is 29.8 Å². The van der Waals surface area contributed by atoms with Crippen molar-refractivity contribution in [3.8, 4) is 0 Å². The Morgan fingerprint density at radius 3 is 2.71 bits per heavy atom. The number of piperidine rings is 1. The number of carbonyl (C=O) groups is 1. The minimum Gasteiger partial charge on any atom is -0.351 e. The third-order valence-electron chi connectivity index (χ3n) is 3.83. The Morgan fingerprint density at radius 2 is 2.05 bits per heavy atom. The van der Waals surface area contributed by atoms with E-state index in [-0.39, 0.29) is 11.5 Å². The predicted molar refractivity (Wildman–Crippen MR) is 85.8 cm³/mol. The van der Waals surface area contributed by atoms with E-state index < -0.39 is 5.82 Å². The smallest absolute Gasteiger partial charge is 0.254 e. The van der Waals surface area contributed by atoms with E-state index >= 15 is 0 Å². The molecule has 2 atom stereocenters. The molecule has 0 bridgehead atoms. The molecule has 3 nitrogen and oxygen atoms in total. The molecule has 1 aromatic rings. The highest BCUT2D eigenvalue weighted by Crippen LogP contribution is 2.20. The van der Waals surface area contributed by atoms with Gasteiger partial charge in [0, 0.05) is 30.7 Å². The molecule has 1 fully saturated rings. The number of halogens is 2. The maximum absolute atomic E-state index is 13.6. The first-order valence-electron chi connectivity index (χ1n) is 7.41. The first-order valence-corrected chi connectivity index (χ1v) is 8.20. The molecule has 0 radical (unpaired) electrons. The van der Waals surface area contributed by atoms with Crippen molar-refractivity contribution in [2.75, 3.05) is 26.2 Å². The number of amides is 1. The van der Waals surface area contributed by atoms with Gasteiger partial charge in [0.05, 0.1) is 5.56 Å². The van der Waals surface area contributed by atoms with Gasteiger partial charge >= 0.3 is 0 Å². The summed E-state index contributed by atoms with van der Waals surface area (Å²) in [5.74, 6) is 0.557. The van der Waals surface area contributed by atoms with Gasteiger partial charge in [0.15, 0.2) is 0 Å². The number of benzene rings is 1. The van der Waals surface area contributed by atoms with E-state index in [0.29, 0.717) is 22.9 Å². The summed E-state index contributed by atoms with van der Waals surface area (Å²) in [6.07, 6.45) is 1.27. The van der Waals surface area contributed by atoms with Crippen molar-refractivity contribution in [1.29, 1.82) is 0 Å². The molecule has 1 N–H and O–H groups in total. The van der Waals surface area contributed by atoms with Gasteiger partial charge in [0.2, 0.25) is 0 Å². The van der Waals surface area contributed by atoms with Crippen molar-refractivity contribution in [3.63, 3.8) is 0 Å². The van der Waals surface area contributed by atoms with Crippen LogP contribution in [0.2, 0.25) is 0 Å². The summed E-state index contributed by atoms with van der Waals surface area (Å²) in [5.41, 5.74) is 0.0877. The Morgan fingerprint density at radius 1 is 1.38 bits per heavy atom. The fraction of sp³-hybridized carbons (Fsp3) is 0.562. The van der Waals surface area contributed by atoms with Gasteiger partial charge in [-0.05, 0) is 36.5 Å². The molecular weight excluding hydrogens is 335 g/mol. The molecule has 0 aliphatic carbocycles. The lowest BCUT2D eigenvalue weighted by atomic mass is 9.92. The van der Waals surface area contributed by atoms with Crippen LogP contribution >= 0.6 is 15.9 Å². The van der Waals surface area contributed by atoms with Crippen molar-refractivity contribution in [1.82, 2.24) is 10.2 Å². The zero-order valence-corrected chi connectivity index (χ0v) is 14.1. The number of carbonyl (C=O) groups excluding carboxylic acids is 1. The summed E-state index contributed by atoms with van der Waals surface area (Å²) in [6, 6.07) is 4.39. The highest BCUT2D eigenvalue weighted by Gasteiger charge is 2.21. The van der Waals surface area contributed by atoms with Crippen LogP contribution in [0.3, 0.4) is 0 Å². The van der Waals surface area contributed by atoms with Crippen LogP contribution in [0.4, 0.5) is 4.39 Å². The Hall–Kier alpha value is -0.940. The summed E-state index contributed by atoms with van der Waals surface area (Å²) < 4.78 is 14.3. The van der Waals surface area contributed by atoms with Crippen LogP contribution in [0.25, 0.3) is 0 Å². The van der Waals surface area contributed by atoms with Gasteiger partial charge < -0.3 is 10.2 Å². The molecule has 5 heteroatoms. The van der Waals surface area contributed by atoms with Crippen LogP contribution in [0.1, 0.15) is 30.6 Å². The first-order chi connectivity index (χ1) is 9.95. The summed E-state index contributed by atoms with van der Waals surface area (Å²) in [6.45, 7) is 8.04. The largest absolute Gasteiger partial charge is 0.351 e. The number of hydrogen-bond acceptors (Lipinski definition) is 2. The molecule has 21 heavy (non-hydrogen) atoms. The van der Waals surface area contributed by atoms with Crippen LogP contribution in [0.5, 0.6) is 0 Å². The quantitative estimate of drug-likeness (QED) is 0.897. The van der Waals surface area contributed by atoms with E-state index in [0.717, 1.165) is 19.6 Å². The molecule has 2 rings (SSSR count). The first kappa shape index (κ1) is 16.4. The maximum Gasteiger partial charge on any atom is 0.254 e. The molecule has 0 saturated carbocycles. The standard InChI is InChI=1S/C16H22BrFN2O/c1-11-7-12(2)10-20(9-11)6-5-19-16(21)14-8-13(17)3-4-15(14)18/h3-4,8,11-12H,5-7,9-10H2,1-2H3,(H,19,21)/t11-,12-/m1/s1. The number of likely N-dealkylation sites (tertiary alicyclic amines) is 1. The summed E-state index contributed by atoms with van der Waals surface area (Å²) >= 11 is 3.25. The van der Waals surface area contributed by atoms with E-state index in [4.69, 9.17) is 0 Å². The van der Waals surface area contributed by atoms with Crippen LogP contribution in [-0.2, 0) is 0 Å². The molecule has 1 aliphatic rings. The van der Waals surface area contributed by atoms with E-state index in [1.165, 1.54) is 18.6 Å². The van der Waals surface area contributed by atoms with Crippen LogP contribution in [-0.4, -0.2) is 37.0 Å². The van der Waals surface area contributed by atoms with Gasteiger partial charge in [-0.2, -0.15) is 0 Å². The average Bonchev–Trinajstić information content (AvgIpc) is 2.40. The van der Waals surface area contributed by atoms with Crippen molar-refractivity contribution in [2.24, 2.45) is 11.8 Å². The van der Waals surface area contributed by atoms with E-state index in [2.05, 4.69) is 40.0 Å². The summed E-state index contributed by atoms with van der Waals surface area (Å²) in [7, 11) is 0. The Bertz CT molecular complexity index is 499. The number of rotatable bonds is 4. The lowest BCUT2D eigenvalue weighted by Gasteiger charge is -2.34. The van der Waals surface area contributed by atoms with E-state index in [1.54, 1.807) is 6.07 Å². The molecule has 1 aliphatic heterocycles. The van der Waals surface area contributed by atoms with Crippen LogP contribution in [0, 0.1) is 17.7 Å². The molecule has 0 spiro atoms. The predicted octanol–water partition coefficient (Wildman–Crippen LogP) is 3.30. The number of hydrogen-bond donors (Lipinski definition) is 1. The number of nitrogens with one attached hydrogen (secondary N) is 1. The lowest BCUT2D eigenvalue weighted by Crippen LogP contribution is -2.42. The normalized spacial score (nSPS) is 23.0. The fourth-order valence-electron chi connectivity index (χ4n) is 3.07. The molecule has 0 unspecified atom stereocenters. The average molecular weight is 357 g/mol. The van der Waals surface area contributed by atoms with Crippen LogP contribution in [0.15, 0.2) is 22.7 Å². The van der Waals surface area contributed by atoms with Gasteiger partial charge in [-0.25, -0.2) is 4.39 Å². The summed E-state index contributed by atoms with van der Waals surface area (Å²) in [5, 5.41) is 2.80. The fourth-order valence-corrected chi connectivity index (χ4v) is 3.43. The molecule has 1 aromatic carbocycles. The second-order valence-electron chi connectivity index (χ2n) is 6.09. The monoisotopic (exact) mass is 356 g/mol. The van der Waals surface area contributed by atoms with Gasteiger partial charge in [-0.3, -0.25) is 4.79 Å². The molecule has 1 amide bonds. The van der Waals surface area contributed by atoms with Crippen molar-refractivity contribution in [2.45, 2.75) is 20.3 Å². The highest BCUT2D eigenvalue weighted by molar-refractivity contribution is 9.10. The Labute approximate surface area is 134 Å². The second-order valence-corrected chi connectivity index (χ2v) is 7.00. The molecule has 0 aromatic heterocycles. The van der Waals surface area contributed by atoms with Gasteiger partial charge in [-0.15, -0.1) is 0 Å². The summed E-state index contributed by atoms with van der Waals surface area (Å²) in [4.78, 5) is 14.4. The third-order valence-corrected chi connectivity index (χ3v) is 4.32. The Kier molecular flexibility index (Phi) is 5.76. The highest BCUT2D eigenvalue weighted by atomic mass is 79.9.